The molecule has 0 aliphatic heterocycles. The van der Waals surface area contributed by atoms with Crippen LogP contribution in [0.3, 0.4) is 0 Å². The lowest BCUT2D eigenvalue weighted by molar-refractivity contribution is -0.144. The Bertz CT molecular complexity index is 164. The van der Waals surface area contributed by atoms with Crippen LogP contribution in [0.2, 0.25) is 0 Å². The molecule has 0 spiro atoms. The van der Waals surface area contributed by atoms with Gasteiger partial charge in [0.2, 0.25) is 0 Å². The van der Waals surface area contributed by atoms with Crippen LogP contribution in [-0.4, -0.2) is 23.8 Å². The average Bonchev–Trinajstić information content (AvgIpc) is 2.11. The molecule has 0 radical (unpaired) electrons. The van der Waals surface area contributed by atoms with E-state index in [2.05, 4.69) is 13.8 Å². The number of carbonyl (C=O) groups excluding carboxylic acids is 1. The molecule has 1 unspecified atom stereocenters. The van der Waals surface area contributed by atoms with Crippen molar-refractivity contribution >= 4 is 5.97 Å². The molecule has 0 aromatic carbocycles. The van der Waals surface area contributed by atoms with Gasteiger partial charge in [0.05, 0.1) is 12.7 Å². The minimum absolute atomic E-state index is 0.139. The molecule has 0 aromatic heterocycles. The van der Waals surface area contributed by atoms with E-state index in [0.717, 1.165) is 12.8 Å². The maximum absolute atomic E-state index is 11.2. The van der Waals surface area contributed by atoms with Crippen molar-refractivity contribution in [3.63, 3.8) is 0 Å². The summed E-state index contributed by atoms with van der Waals surface area (Å²) in [7, 11) is 0. The van der Waals surface area contributed by atoms with Crippen molar-refractivity contribution in [1.29, 1.82) is 0 Å². The molecule has 3 heteroatoms. The summed E-state index contributed by atoms with van der Waals surface area (Å²) in [4.78, 5) is 11.2. The number of aliphatic hydroxyl groups is 1. The van der Waals surface area contributed by atoms with Gasteiger partial charge in [-0.25, -0.2) is 0 Å². The molecule has 1 atom stereocenters. The number of unbranched alkanes of at least 4 members (excludes halogenated alkanes) is 1. The predicted octanol–water partition coefficient (Wildman–Crippen LogP) is 2.52. The number of hydrogen-bond acceptors (Lipinski definition) is 3. The Morgan fingerprint density at radius 2 is 1.87 bits per heavy atom. The van der Waals surface area contributed by atoms with E-state index in [4.69, 9.17) is 9.84 Å². The van der Waals surface area contributed by atoms with Crippen LogP contribution in [0.4, 0.5) is 0 Å². The van der Waals surface area contributed by atoms with Crippen LogP contribution in [0.15, 0.2) is 0 Å². The molecule has 0 aliphatic rings. The molecule has 0 rings (SSSR count). The van der Waals surface area contributed by atoms with Gasteiger partial charge in [-0.1, -0.05) is 26.7 Å². The SMILES string of the molecule is CC(C)CCCCC(=O)OCCC(C)O. The maximum atomic E-state index is 11.2. The lowest BCUT2D eigenvalue weighted by atomic mass is 10.1. The van der Waals surface area contributed by atoms with Crippen molar-refractivity contribution in [2.75, 3.05) is 6.61 Å². The molecular weight excluding hydrogens is 192 g/mol. The quantitative estimate of drug-likeness (QED) is 0.501. The minimum Gasteiger partial charge on any atom is -0.466 e. The molecular formula is C12H24O3. The first kappa shape index (κ1) is 14.4. The number of esters is 1. The first-order valence-electron chi connectivity index (χ1n) is 5.86. The zero-order chi connectivity index (χ0) is 11.7. The smallest absolute Gasteiger partial charge is 0.305 e. The summed E-state index contributed by atoms with van der Waals surface area (Å²) in [5, 5.41) is 8.95. The standard InChI is InChI=1S/C12H24O3/c1-10(2)6-4-5-7-12(14)15-9-8-11(3)13/h10-11,13H,4-9H2,1-3H3. The first-order valence-corrected chi connectivity index (χ1v) is 5.86. The van der Waals surface area contributed by atoms with E-state index in [1.54, 1.807) is 6.92 Å². The number of ether oxygens (including phenoxy) is 1. The Morgan fingerprint density at radius 3 is 2.40 bits per heavy atom. The fourth-order valence-corrected chi connectivity index (χ4v) is 1.24. The highest BCUT2D eigenvalue weighted by molar-refractivity contribution is 5.69. The van der Waals surface area contributed by atoms with E-state index in [0.29, 0.717) is 25.4 Å². The lowest BCUT2D eigenvalue weighted by Gasteiger charge is -2.07. The normalized spacial score (nSPS) is 12.9. The van der Waals surface area contributed by atoms with Gasteiger partial charge in [-0.15, -0.1) is 0 Å². The minimum atomic E-state index is -0.390. The average molecular weight is 216 g/mol. The zero-order valence-electron chi connectivity index (χ0n) is 10.2. The van der Waals surface area contributed by atoms with Crippen molar-refractivity contribution in [3.8, 4) is 0 Å². The van der Waals surface area contributed by atoms with Gasteiger partial charge in [-0.2, -0.15) is 0 Å². The van der Waals surface area contributed by atoms with Crippen LogP contribution in [0.5, 0.6) is 0 Å². The monoisotopic (exact) mass is 216 g/mol. The fourth-order valence-electron chi connectivity index (χ4n) is 1.24. The lowest BCUT2D eigenvalue weighted by Crippen LogP contribution is -2.10. The van der Waals surface area contributed by atoms with Crippen molar-refractivity contribution in [2.45, 2.75) is 59.0 Å². The summed E-state index contributed by atoms with van der Waals surface area (Å²) in [6.45, 7) is 6.39. The molecule has 0 bridgehead atoms. The van der Waals surface area contributed by atoms with Gasteiger partial charge in [0.1, 0.15) is 0 Å². The topological polar surface area (TPSA) is 46.5 Å². The summed E-state index contributed by atoms with van der Waals surface area (Å²) < 4.78 is 4.96. The highest BCUT2D eigenvalue weighted by Gasteiger charge is 2.04. The van der Waals surface area contributed by atoms with Gasteiger partial charge < -0.3 is 9.84 Å². The molecule has 0 amide bonds. The van der Waals surface area contributed by atoms with E-state index < -0.39 is 6.10 Å². The van der Waals surface area contributed by atoms with Crippen LogP contribution >= 0.6 is 0 Å². The Hall–Kier alpha value is -0.570. The molecule has 0 fully saturated rings. The summed E-state index contributed by atoms with van der Waals surface area (Å²) in [5.74, 6) is 0.565. The van der Waals surface area contributed by atoms with Crippen molar-refractivity contribution in [1.82, 2.24) is 0 Å². The highest BCUT2D eigenvalue weighted by atomic mass is 16.5. The number of hydrogen-bond donors (Lipinski definition) is 1. The maximum Gasteiger partial charge on any atom is 0.305 e. The Morgan fingerprint density at radius 1 is 1.20 bits per heavy atom. The van der Waals surface area contributed by atoms with Crippen LogP contribution in [0.25, 0.3) is 0 Å². The second-order valence-electron chi connectivity index (χ2n) is 4.50. The van der Waals surface area contributed by atoms with Gasteiger partial charge in [0.15, 0.2) is 0 Å². The predicted molar refractivity (Wildman–Crippen MR) is 60.6 cm³/mol. The second-order valence-corrected chi connectivity index (χ2v) is 4.50. The molecule has 0 heterocycles. The summed E-state index contributed by atoms with van der Waals surface area (Å²) >= 11 is 0. The molecule has 90 valence electrons. The van der Waals surface area contributed by atoms with Gasteiger partial charge >= 0.3 is 5.97 Å². The number of aliphatic hydroxyl groups excluding tert-OH is 1. The van der Waals surface area contributed by atoms with Crippen LogP contribution in [0.1, 0.15) is 52.9 Å². The third-order valence-corrected chi connectivity index (χ3v) is 2.21. The molecule has 1 N–H and O–H groups in total. The third kappa shape index (κ3) is 11.4. The molecule has 0 saturated heterocycles. The Balaban J connectivity index is 3.26. The van der Waals surface area contributed by atoms with E-state index in [-0.39, 0.29) is 5.97 Å². The summed E-state index contributed by atoms with van der Waals surface area (Å²) in [5.41, 5.74) is 0. The summed E-state index contributed by atoms with van der Waals surface area (Å²) in [6, 6.07) is 0. The summed E-state index contributed by atoms with van der Waals surface area (Å²) in [6.07, 6.45) is 3.80. The highest BCUT2D eigenvalue weighted by Crippen LogP contribution is 2.08. The van der Waals surface area contributed by atoms with Crippen molar-refractivity contribution < 1.29 is 14.6 Å². The van der Waals surface area contributed by atoms with E-state index >= 15 is 0 Å². The molecule has 0 saturated carbocycles. The fraction of sp³-hybridized carbons (Fsp3) is 0.917. The van der Waals surface area contributed by atoms with Gasteiger partial charge in [0, 0.05) is 12.8 Å². The van der Waals surface area contributed by atoms with E-state index in [1.807, 2.05) is 0 Å². The molecule has 15 heavy (non-hydrogen) atoms. The van der Waals surface area contributed by atoms with Crippen LogP contribution in [-0.2, 0) is 9.53 Å². The molecule has 0 aromatic rings. The number of rotatable bonds is 8. The van der Waals surface area contributed by atoms with Crippen LogP contribution < -0.4 is 0 Å². The Labute approximate surface area is 92.8 Å². The largest absolute Gasteiger partial charge is 0.466 e. The Kier molecular flexibility index (Phi) is 8.38. The van der Waals surface area contributed by atoms with Crippen molar-refractivity contribution in [3.05, 3.63) is 0 Å². The van der Waals surface area contributed by atoms with E-state index in [9.17, 15) is 4.79 Å². The van der Waals surface area contributed by atoms with Gasteiger partial charge in [-0.05, 0) is 19.3 Å². The van der Waals surface area contributed by atoms with Gasteiger partial charge in [-0.3, -0.25) is 4.79 Å². The van der Waals surface area contributed by atoms with Crippen molar-refractivity contribution in [2.24, 2.45) is 5.92 Å². The second kappa shape index (κ2) is 8.72. The number of carbonyl (C=O) groups is 1. The van der Waals surface area contributed by atoms with E-state index in [1.165, 1.54) is 6.42 Å². The van der Waals surface area contributed by atoms with Gasteiger partial charge in [0.25, 0.3) is 0 Å². The van der Waals surface area contributed by atoms with Crippen LogP contribution in [0, 0.1) is 5.92 Å². The first-order chi connectivity index (χ1) is 7.02. The zero-order valence-corrected chi connectivity index (χ0v) is 10.2. The molecule has 0 aliphatic carbocycles. The third-order valence-electron chi connectivity index (χ3n) is 2.21. The molecule has 3 nitrogen and oxygen atoms in total.